The van der Waals surface area contributed by atoms with Crippen molar-refractivity contribution in [2.75, 3.05) is 7.11 Å². The van der Waals surface area contributed by atoms with Crippen LogP contribution in [0.2, 0.25) is 0 Å². The number of amides is 1. The number of carbonyl (C=O) groups is 1. The first-order valence-electron chi connectivity index (χ1n) is 10.8. The predicted molar refractivity (Wildman–Crippen MR) is 133 cm³/mol. The maximum absolute atomic E-state index is 11.3. The van der Waals surface area contributed by atoms with Crippen LogP contribution in [-0.4, -0.2) is 19.1 Å². The fourth-order valence-corrected chi connectivity index (χ4v) is 2.59. The average molecular weight is 418 g/mol. The molecule has 0 aliphatic carbocycles. The summed E-state index contributed by atoms with van der Waals surface area (Å²) in [6.45, 7) is 12.1. The normalized spacial score (nSPS) is 9.58. The molecule has 0 aliphatic heterocycles. The zero-order valence-corrected chi connectivity index (χ0v) is 19.8. The quantitative estimate of drug-likeness (QED) is 0.481. The van der Waals surface area contributed by atoms with Gasteiger partial charge in [-0.2, -0.15) is 0 Å². The highest BCUT2D eigenvalue weighted by molar-refractivity contribution is 5.94. The minimum atomic E-state index is -0.00870. The minimum absolute atomic E-state index is 0.00870. The maximum Gasteiger partial charge on any atom is 0.251 e. The molecule has 0 heterocycles. The lowest BCUT2D eigenvalue weighted by Crippen LogP contribution is -2.29. The number of methoxy groups -OCH3 is 1. The zero-order valence-electron chi connectivity index (χ0n) is 19.8. The first kappa shape index (κ1) is 25.8. The smallest absolute Gasteiger partial charge is 0.251 e. The molecule has 1 amide bonds. The van der Waals surface area contributed by atoms with E-state index in [2.05, 4.69) is 55.3 Å². The van der Waals surface area contributed by atoms with Crippen molar-refractivity contribution < 1.29 is 9.53 Å². The van der Waals surface area contributed by atoms with Crippen molar-refractivity contribution in [3.63, 3.8) is 0 Å². The number of nitrogens with one attached hydrogen (secondary N) is 1. The van der Waals surface area contributed by atoms with Gasteiger partial charge < -0.3 is 10.1 Å². The molecule has 0 radical (unpaired) electrons. The molecular formula is C28H35NO2. The van der Waals surface area contributed by atoms with Crippen molar-refractivity contribution in [2.45, 2.75) is 47.6 Å². The Bertz CT molecular complexity index is 996. The van der Waals surface area contributed by atoms with Gasteiger partial charge >= 0.3 is 0 Å². The summed E-state index contributed by atoms with van der Waals surface area (Å²) in [5.74, 6) is 7.64. The van der Waals surface area contributed by atoms with E-state index < -0.39 is 0 Å². The van der Waals surface area contributed by atoms with Gasteiger partial charge in [-0.25, -0.2) is 0 Å². The van der Waals surface area contributed by atoms with Gasteiger partial charge in [0.2, 0.25) is 0 Å². The number of hydrogen-bond acceptors (Lipinski definition) is 2. The van der Waals surface area contributed by atoms with E-state index in [9.17, 15) is 4.79 Å². The van der Waals surface area contributed by atoms with Crippen LogP contribution in [0.4, 0.5) is 0 Å². The Balaban J connectivity index is 0.000000303. The number of ether oxygens (including phenoxy) is 1. The van der Waals surface area contributed by atoms with Crippen molar-refractivity contribution in [3.8, 4) is 17.6 Å². The molecule has 0 saturated carbocycles. The van der Waals surface area contributed by atoms with Crippen molar-refractivity contribution in [2.24, 2.45) is 5.92 Å². The standard InChI is InChI=1S/C16H16O.C10H13NO.C2H6/c1-12(2)4-5-13-6-7-15-11-16(17-3)9-8-14(15)10-13;1-8(2)11-10(12)9-6-4-3-5-7-9;1-2/h6-12H,1-3H3;3-8H,1-2H3,(H,11,12);1-2H3. The molecule has 0 bridgehead atoms. The molecule has 31 heavy (non-hydrogen) atoms. The SMILES string of the molecule is CC.CC(C)NC(=O)c1ccccc1.COc1ccc2cc(C#CC(C)C)ccc2c1. The molecule has 3 nitrogen and oxygen atoms in total. The van der Waals surface area contributed by atoms with E-state index in [0.717, 1.165) is 11.3 Å². The minimum Gasteiger partial charge on any atom is -0.497 e. The molecule has 0 aromatic heterocycles. The lowest BCUT2D eigenvalue weighted by atomic mass is 10.1. The summed E-state index contributed by atoms with van der Waals surface area (Å²) < 4.78 is 5.20. The van der Waals surface area contributed by atoms with Crippen LogP contribution in [0.15, 0.2) is 66.7 Å². The van der Waals surface area contributed by atoms with Crippen molar-refractivity contribution >= 4 is 16.7 Å². The summed E-state index contributed by atoms with van der Waals surface area (Å²) in [6.07, 6.45) is 0. The summed E-state index contributed by atoms with van der Waals surface area (Å²) in [6, 6.07) is 21.7. The number of hydrogen-bond donors (Lipinski definition) is 1. The average Bonchev–Trinajstić information content (AvgIpc) is 2.79. The van der Waals surface area contributed by atoms with Gasteiger partial charge in [-0.3, -0.25) is 4.79 Å². The van der Waals surface area contributed by atoms with Crippen LogP contribution in [0, 0.1) is 17.8 Å². The zero-order chi connectivity index (χ0) is 23.2. The van der Waals surface area contributed by atoms with Crippen molar-refractivity contribution in [3.05, 3.63) is 77.9 Å². The van der Waals surface area contributed by atoms with Crippen LogP contribution in [0.3, 0.4) is 0 Å². The molecule has 3 aromatic carbocycles. The number of fused-ring (bicyclic) bond motifs is 1. The molecule has 0 unspecified atom stereocenters. The van der Waals surface area contributed by atoms with Crippen molar-refractivity contribution in [1.29, 1.82) is 0 Å². The lowest BCUT2D eigenvalue weighted by molar-refractivity contribution is 0.0943. The van der Waals surface area contributed by atoms with Gasteiger partial charge in [0, 0.05) is 23.1 Å². The number of benzene rings is 3. The highest BCUT2D eigenvalue weighted by Gasteiger charge is 2.04. The largest absolute Gasteiger partial charge is 0.497 e. The second-order valence-electron chi connectivity index (χ2n) is 7.35. The fourth-order valence-electron chi connectivity index (χ4n) is 2.59. The molecule has 164 valence electrons. The second kappa shape index (κ2) is 13.9. The molecule has 0 saturated heterocycles. The Hall–Kier alpha value is -3.25. The number of rotatable bonds is 3. The van der Waals surface area contributed by atoms with Gasteiger partial charge in [-0.15, -0.1) is 0 Å². The van der Waals surface area contributed by atoms with Crippen LogP contribution in [0.1, 0.15) is 57.5 Å². The van der Waals surface area contributed by atoms with Gasteiger partial charge in [-0.1, -0.05) is 69.9 Å². The molecule has 1 N–H and O–H groups in total. The van der Waals surface area contributed by atoms with E-state index in [0.29, 0.717) is 11.5 Å². The van der Waals surface area contributed by atoms with Crippen LogP contribution in [0.5, 0.6) is 5.75 Å². The number of carbonyl (C=O) groups excluding carboxylic acids is 1. The van der Waals surface area contributed by atoms with E-state index >= 15 is 0 Å². The molecule has 0 atom stereocenters. The highest BCUT2D eigenvalue weighted by Crippen LogP contribution is 2.21. The molecule has 0 aliphatic rings. The van der Waals surface area contributed by atoms with Crippen LogP contribution in [0.25, 0.3) is 10.8 Å². The van der Waals surface area contributed by atoms with E-state index in [1.165, 1.54) is 10.8 Å². The van der Waals surface area contributed by atoms with Crippen molar-refractivity contribution in [1.82, 2.24) is 5.32 Å². The van der Waals surface area contributed by atoms with Crippen LogP contribution >= 0.6 is 0 Å². The summed E-state index contributed by atoms with van der Waals surface area (Å²) in [5, 5.41) is 5.20. The monoisotopic (exact) mass is 417 g/mol. The third-order valence-corrected chi connectivity index (χ3v) is 4.01. The van der Waals surface area contributed by atoms with Gasteiger partial charge in [0.05, 0.1) is 7.11 Å². The Labute approximate surface area is 187 Å². The van der Waals surface area contributed by atoms with E-state index in [1.807, 2.05) is 58.0 Å². The van der Waals surface area contributed by atoms with Crippen LogP contribution < -0.4 is 10.1 Å². The van der Waals surface area contributed by atoms with E-state index in [-0.39, 0.29) is 11.9 Å². The second-order valence-corrected chi connectivity index (χ2v) is 7.35. The summed E-state index contributed by atoms with van der Waals surface area (Å²) in [7, 11) is 1.68. The summed E-state index contributed by atoms with van der Waals surface area (Å²) in [4.78, 5) is 11.3. The Morgan fingerprint density at radius 1 is 0.871 bits per heavy atom. The Morgan fingerprint density at radius 2 is 1.48 bits per heavy atom. The Morgan fingerprint density at radius 3 is 2.06 bits per heavy atom. The molecule has 0 spiro atoms. The highest BCUT2D eigenvalue weighted by atomic mass is 16.5. The first-order chi connectivity index (χ1) is 14.9. The molecule has 3 rings (SSSR count). The third-order valence-electron chi connectivity index (χ3n) is 4.01. The molecule has 3 heteroatoms. The predicted octanol–water partition coefficient (Wildman–Crippen LogP) is 6.71. The van der Waals surface area contributed by atoms with Gasteiger partial charge in [0.1, 0.15) is 5.75 Å². The first-order valence-corrected chi connectivity index (χ1v) is 10.8. The molecule has 3 aromatic rings. The Kier molecular flexibility index (Phi) is 11.5. The van der Waals surface area contributed by atoms with E-state index in [1.54, 1.807) is 19.2 Å². The molecular weight excluding hydrogens is 382 g/mol. The van der Waals surface area contributed by atoms with Gasteiger partial charge in [-0.05, 0) is 61.0 Å². The van der Waals surface area contributed by atoms with Gasteiger partial charge in [0.25, 0.3) is 5.91 Å². The van der Waals surface area contributed by atoms with Crippen LogP contribution in [-0.2, 0) is 0 Å². The lowest BCUT2D eigenvalue weighted by Gasteiger charge is -2.07. The van der Waals surface area contributed by atoms with E-state index in [4.69, 9.17) is 4.74 Å². The summed E-state index contributed by atoms with van der Waals surface area (Å²) in [5.41, 5.74) is 1.78. The van der Waals surface area contributed by atoms with Gasteiger partial charge in [0.15, 0.2) is 0 Å². The third kappa shape index (κ3) is 9.40. The maximum atomic E-state index is 11.3. The molecule has 0 fully saturated rings. The fraction of sp³-hybridized carbons (Fsp3) is 0.321. The topological polar surface area (TPSA) is 38.3 Å². The summed E-state index contributed by atoms with van der Waals surface area (Å²) >= 11 is 0.